The minimum Gasteiger partial charge on any atom is -0.478 e. The molecule has 0 spiro atoms. The van der Waals surface area contributed by atoms with Crippen LogP contribution in [-0.4, -0.2) is 16.1 Å². The van der Waals surface area contributed by atoms with E-state index in [-0.39, 0.29) is 16.5 Å². The number of hydrogen-bond donors (Lipinski definition) is 1. The van der Waals surface area contributed by atoms with E-state index in [2.05, 4.69) is 4.98 Å². The van der Waals surface area contributed by atoms with Crippen LogP contribution in [0.2, 0.25) is 0 Å². The van der Waals surface area contributed by atoms with Crippen molar-refractivity contribution in [3.8, 4) is 10.9 Å². The number of halogens is 1. The summed E-state index contributed by atoms with van der Waals surface area (Å²) in [6.45, 7) is 0. The van der Waals surface area contributed by atoms with E-state index in [9.17, 15) is 9.18 Å². The van der Waals surface area contributed by atoms with Crippen LogP contribution in [-0.2, 0) is 0 Å². The quantitative estimate of drug-likeness (QED) is 0.894. The normalized spacial score (nSPS) is 10.1. The van der Waals surface area contributed by atoms with E-state index in [1.54, 1.807) is 5.38 Å². The van der Waals surface area contributed by atoms with Gasteiger partial charge in [-0.15, -0.1) is 0 Å². The summed E-state index contributed by atoms with van der Waals surface area (Å²) in [7, 11) is 0. The molecule has 82 valence electrons. The molecule has 1 N–H and O–H groups in total. The number of benzene rings is 1. The van der Waals surface area contributed by atoms with Crippen LogP contribution >= 0.6 is 11.3 Å². The average molecular weight is 239 g/mol. The highest BCUT2D eigenvalue weighted by Crippen LogP contribution is 2.27. The van der Waals surface area contributed by atoms with Gasteiger partial charge < -0.3 is 9.84 Å². The van der Waals surface area contributed by atoms with Gasteiger partial charge in [-0.2, -0.15) is 0 Å². The lowest BCUT2D eigenvalue weighted by atomic mass is 10.2. The number of nitrogens with zero attached hydrogens (tertiary/aromatic N) is 1. The SMILES string of the molecule is O=C(O)c1ccc(F)cc1Oc1nccs1. The maximum atomic E-state index is 12.9. The molecule has 2 rings (SSSR count). The Kier molecular flexibility index (Phi) is 2.82. The van der Waals surface area contributed by atoms with Gasteiger partial charge in [-0.25, -0.2) is 14.2 Å². The average Bonchev–Trinajstić information content (AvgIpc) is 2.70. The largest absolute Gasteiger partial charge is 0.478 e. The fraction of sp³-hybridized carbons (Fsp3) is 0. The van der Waals surface area contributed by atoms with E-state index in [4.69, 9.17) is 9.84 Å². The molecule has 4 nitrogen and oxygen atoms in total. The van der Waals surface area contributed by atoms with Crippen molar-refractivity contribution in [3.05, 3.63) is 41.2 Å². The van der Waals surface area contributed by atoms with E-state index in [1.165, 1.54) is 17.5 Å². The molecule has 0 aliphatic carbocycles. The van der Waals surface area contributed by atoms with Gasteiger partial charge in [0.05, 0.1) is 0 Å². The first-order chi connectivity index (χ1) is 7.66. The second kappa shape index (κ2) is 4.28. The van der Waals surface area contributed by atoms with Crippen LogP contribution in [0.3, 0.4) is 0 Å². The molecule has 2 aromatic rings. The Hall–Kier alpha value is -1.95. The number of carboxylic acids is 1. The van der Waals surface area contributed by atoms with E-state index in [0.29, 0.717) is 0 Å². The number of rotatable bonds is 3. The van der Waals surface area contributed by atoms with E-state index in [1.807, 2.05) is 0 Å². The number of aromatic carboxylic acids is 1. The molecule has 0 saturated carbocycles. The van der Waals surface area contributed by atoms with Gasteiger partial charge in [0, 0.05) is 17.6 Å². The minimum absolute atomic E-state index is 0.0533. The second-order valence-electron chi connectivity index (χ2n) is 2.85. The zero-order chi connectivity index (χ0) is 11.5. The second-order valence-corrected chi connectivity index (χ2v) is 3.70. The molecule has 0 bridgehead atoms. The molecule has 0 radical (unpaired) electrons. The van der Waals surface area contributed by atoms with Gasteiger partial charge in [0.15, 0.2) is 0 Å². The Morgan fingerprint density at radius 3 is 2.94 bits per heavy atom. The van der Waals surface area contributed by atoms with Gasteiger partial charge in [-0.05, 0) is 12.1 Å². The highest BCUT2D eigenvalue weighted by molar-refractivity contribution is 7.11. The van der Waals surface area contributed by atoms with Crippen molar-refractivity contribution in [2.75, 3.05) is 0 Å². The van der Waals surface area contributed by atoms with Gasteiger partial charge in [0.1, 0.15) is 17.1 Å². The van der Waals surface area contributed by atoms with Crippen LogP contribution in [0.25, 0.3) is 0 Å². The summed E-state index contributed by atoms with van der Waals surface area (Å²) >= 11 is 1.20. The molecule has 1 aromatic carbocycles. The van der Waals surface area contributed by atoms with Crippen molar-refractivity contribution >= 4 is 17.3 Å². The molecule has 0 aliphatic heterocycles. The number of carbonyl (C=O) groups is 1. The van der Waals surface area contributed by atoms with Crippen LogP contribution in [0.4, 0.5) is 4.39 Å². The number of carboxylic acid groups (broad SMARTS) is 1. The molecule has 1 heterocycles. The highest BCUT2D eigenvalue weighted by atomic mass is 32.1. The molecular formula is C10H6FNO3S. The van der Waals surface area contributed by atoms with Crippen LogP contribution in [0.1, 0.15) is 10.4 Å². The monoisotopic (exact) mass is 239 g/mol. The van der Waals surface area contributed by atoms with Crippen molar-refractivity contribution in [3.63, 3.8) is 0 Å². The number of thiazole rings is 1. The zero-order valence-corrected chi connectivity index (χ0v) is 8.70. The minimum atomic E-state index is -1.17. The van der Waals surface area contributed by atoms with Crippen LogP contribution < -0.4 is 4.74 Å². The molecular weight excluding hydrogens is 233 g/mol. The van der Waals surface area contributed by atoms with Crippen LogP contribution in [0, 0.1) is 5.82 Å². The van der Waals surface area contributed by atoms with E-state index >= 15 is 0 Å². The summed E-state index contributed by atoms with van der Waals surface area (Å²) < 4.78 is 18.1. The van der Waals surface area contributed by atoms with Crippen molar-refractivity contribution < 1.29 is 19.0 Å². The summed E-state index contributed by atoms with van der Waals surface area (Å²) in [5.74, 6) is -1.79. The summed E-state index contributed by atoms with van der Waals surface area (Å²) in [6.07, 6.45) is 1.51. The molecule has 6 heteroatoms. The standard InChI is InChI=1S/C10H6FNO3S/c11-6-1-2-7(9(13)14)8(5-6)15-10-12-3-4-16-10/h1-5H,(H,13,14). The first-order valence-corrected chi connectivity index (χ1v) is 5.15. The maximum Gasteiger partial charge on any atom is 0.339 e. The molecule has 0 aliphatic rings. The summed E-state index contributed by atoms with van der Waals surface area (Å²) in [4.78, 5) is 14.7. The summed E-state index contributed by atoms with van der Waals surface area (Å²) in [6, 6.07) is 3.24. The van der Waals surface area contributed by atoms with Crippen molar-refractivity contribution in [2.24, 2.45) is 0 Å². The van der Waals surface area contributed by atoms with Gasteiger partial charge in [-0.1, -0.05) is 11.3 Å². The van der Waals surface area contributed by atoms with Crippen LogP contribution in [0.5, 0.6) is 10.9 Å². The molecule has 0 unspecified atom stereocenters. The van der Waals surface area contributed by atoms with Gasteiger partial charge >= 0.3 is 5.97 Å². The lowest BCUT2D eigenvalue weighted by Crippen LogP contribution is -2.00. The van der Waals surface area contributed by atoms with Crippen molar-refractivity contribution in [2.45, 2.75) is 0 Å². The lowest BCUT2D eigenvalue weighted by molar-refractivity contribution is 0.0694. The molecule has 1 aromatic heterocycles. The first-order valence-electron chi connectivity index (χ1n) is 4.27. The molecule has 0 saturated heterocycles. The third-order valence-electron chi connectivity index (χ3n) is 1.78. The predicted octanol–water partition coefficient (Wildman–Crippen LogP) is 2.77. The van der Waals surface area contributed by atoms with E-state index in [0.717, 1.165) is 18.2 Å². The first kappa shape index (κ1) is 10.6. The highest BCUT2D eigenvalue weighted by Gasteiger charge is 2.13. The fourth-order valence-corrected chi connectivity index (χ4v) is 1.61. The predicted molar refractivity (Wildman–Crippen MR) is 55.5 cm³/mol. The Morgan fingerprint density at radius 1 is 1.50 bits per heavy atom. The Labute approximate surface area is 93.9 Å². The van der Waals surface area contributed by atoms with E-state index < -0.39 is 11.8 Å². The molecule has 0 fully saturated rings. The summed E-state index contributed by atoms with van der Waals surface area (Å²) in [5, 5.41) is 10.8. The molecule has 16 heavy (non-hydrogen) atoms. The number of hydrogen-bond acceptors (Lipinski definition) is 4. The van der Waals surface area contributed by atoms with Crippen molar-refractivity contribution in [1.82, 2.24) is 4.98 Å². The maximum absolute atomic E-state index is 12.9. The third kappa shape index (κ3) is 2.17. The topological polar surface area (TPSA) is 59.4 Å². The smallest absolute Gasteiger partial charge is 0.339 e. The third-order valence-corrected chi connectivity index (χ3v) is 2.43. The zero-order valence-electron chi connectivity index (χ0n) is 7.88. The Bertz CT molecular complexity index is 513. The van der Waals surface area contributed by atoms with Gasteiger partial charge in [0.2, 0.25) is 0 Å². The number of ether oxygens (including phenoxy) is 1. The Morgan fingerprint density at radius 2 is 2.31 bits per heavy atom. The van der Waals surface area contributed by atoms with Crippen molar-refractivity contribution in [1.29, 1.82) is 0 Å². The summed E-state index contributed by atoms with van der Waals surface area (Å²) in [5.41, 5.74) is -0.100. The molecule has 0 atom stereocenters. The lowest BCUT2D eigenvalue weighted by Gasteiger charge is -2.05. The van der Waals surface area contributed by atoms with Crippen LogP contribution in [0.15, 0.2) is 29.8 Å². The fourth-order valence-electron chi connectivity index (χ4n) is 1.11. The number of aromatic nitrogens is 1. The Balaban J connectivity index is 2.38. The molecule has 0 amide bonds. The van der Waals surface area contributed by atoms with Gasteiger partial charge in [-0.3, -0.25) is 0 Å². The van der Waals surface area contributed by atoms with Gasteiger partial charge in [0.25, 0.3) is 5.19 Å².